The molecule has 0 unspecified atom stereocenters. The van der Waals surface area contributed by atoms with Crippen molar-refractivity contribution in [1.82, 2.24) is 0 Å². The van der Waals surface area contributed by atoms with E-state index in [1.807, 2.05) is 0 Å². The second-order valence-corrected chi connectivity index (χ2v) is 5.29. The van der Waals surface area contributed by atoms with Gasteiger partial charge in [-0.2, -0.15) is 0 Å². The van der Waals surface area contributed by atoms with Gasteiger partial charge in [0.05, 0.1) is 26.9 Å². The van der Waals surface area contributed by atoms with Gasteiger partial charge in [0.15, 0.2) is 11.5 Å². The normalized spacial score (nSPS) is 10.1. The Balaban J connectivity index is 1.95. The quantitative estimate of drug-likeness (QED) is 0.525. The first-order valence-electron chi connectivity index (χ1n) is 7.44. The summed E-state index contributed by atoms with van der Waals surface area (Å²) in [6.45, 7) is 0.315. The van der Waals surface area contributed by atoms with Crippen molar-refractivity contribution in [3.05, 3.63) is 47.0 Å². The van der Waals surface area contributed by atoms with E-state index in [4.69, 9.17) is 35.3 Å². The summed E-state index contributed by atoms with van der Waals surface area (Å²) in [5.41, 5.74) is 0.293. The number of methoxy groups -OCH3 is 3. The molecule has 0 radical (unpaired) electrons. The Morgan fingerprint density at radius 1 is 0.920 bits per heavy atom. The Hall–Kier alpha value is -2.60. The lowest BCUT2D eigenvalue weighted by atomic mass is 10.2. The molecule has 2 aromatic carbocycles. The van der Waals surface area contributed by atoms with Crippen LogP contribution < -0.4 is 18.9 Å². The van der Waals surface area contributed by atoms with E-state index in [2.05, 4.69) is 0 Å². The molecule has 0 fully saturated rings. The number of ether oxygens (including phenoxy) is 5. The smallest absolute Gasteiger partial charge is 0.338 e. The van der Waals surface area contributed by atoms with Gasteiger partial charge < -0.3 is 23.7 Å². The number of halogens is 1. The van der Waals surface area contributed by atoms with Crippen LogP contribution in [0, 0.1) is 0 Å². The van der Waals surface area contributed by atoms with Gasteiger partial charge in [0.2, 0.25) is 5.75 Å². The fourth-order valence-electron chi connectivity index (χ4n) is 2.11. The summed E-state index contributed by atoms with van der Waals surface area (Å²) in [4.78, 5) is 12.2. The molecule has 134 valence electrons. The highest BCUT2D eigenvalue weighted by Gasteiger charge is 2.17. The second-order valence-electron chi connectivity index (χ2n) is 4.85. The molecule has 0 spiro atoms. The maximum atomic E-state index is 12.2. The lowest BCUT2D eigenvalue weighted by Gasteiger charge is -2.14. The van der Waals surface area contributed by atoms with E-state index in [0.717, 1.165) is 0 Å². The standard InChI is InChI=1S/C18H19ClO6/c1-21-15-10-12(11-16(22-2)17(15)23-3)18(20)25-9-8-24-14-6-4-13(19)5-7-14/h4-7,10-11H,8-9H2,1-3H3. The van der Waals surface area contributed by atoms with E-state index < -0.39 is 5.97 Å². The van der Waals surface area contributed by atoms with Crippen LogP contribution in [0.4, 0.5) is 0 Å². The van der Waals surface area contributed by atoms with Crippen molar-refractivity contribution in [1.29, 1.82) is 0 Å². The number of hydrogen-bond donors (Lipinski definition) is 0. The summed E-state index contributed by atoms with van der Waals surface area (Å²) in [6.07, 6.45) is 0. The molecular formula is C18H19ClO6. The van der Waals surface area contributed by atoms with E-state index in [1.54, 1.807) is 24.3 Å². The average Bonchev–Trinajstić information content (AvgIpc) is 2.65. The summed E-state index contributed by atoms with van der Waals surface area (Å²) < 4.78 is 26.3. The minimum atomic E-state index is -0.515. The molecule has 0 amide bonds. The van der Waals surface area contributed by atoms with Crippen LogP contribution in [0.1, 0.15) is 10.4 Å². The van der Waals surface area contributed by atoms with Crippen LogP contribution in [0.15, 0.2) is 36.4 Å². The number of rotatable bonds is 8. The van der Waals surface area contributed by atoms with E-state index in [0.29, 0.717) is 33.6 Å². The van der Waals surface area contributed by atoms with E-state index >= 15 is 0 Å². The third-order valence-corrected chi connectivity index (χ3v) is 3.55. The van der Waals surface area contributed by atoms with Gasteiger partial charge in [-0.15, -0.1) is 0 Å². The number of esters is 1. The summed E-state index contributed by atoms with van der Waals surface area (Å²) in [5, 5.41) is 0.626. The highest BCUT2D eigenvalue weighted by Crippen LogP contribution is 2.38. The molecule has 0 heterocycles. The molecule has 2 aromatic rings. The monoisotopic (exact) mass is 366 g/mol. The van der Waals surface area contributed by atoms with Crippen molar-refractivity contribution in [2.75, 3.05) is 34.5 Å². The molecule has 0 saturated carbocycles. The first kappa shape index (κ1) is 18.7. The average molecular weight is 367 g/mol. The number of carbonyl (C=O) groups is 1. The van der Waals surface area contributed by atoms with Crippen molar-refractivity contribution in [2.24, 2.45) is 0 Å². The third kappa shape index (κ3) is 4.93. The van der Waals surface area contributed by atoms with Gasteiger partial charge in [-0.25, -0.2) is 4.79 Å². The molecular weight excluding hydrogens is 348 g/mol. The van der Waals surface area contributed by atoms with Crippen LogP contribution in [-0.2, 0) is 4.74 Å². The van der Waals surface area contributed by atoms with Gasteiger partial charge in [0.1, 0.15) is 19.0 Å². The molecule has 0 bridgehead atoms. The fraction of sp³-hybridized carbons (Fsp3) is 0.278. The minimum absolute atomic E-state index is 0.0954. The summed E-state index contributed by atoms with van der Waals surface area (Å²) in [7, 11) is 4.45. The molecule has 2 rings (SSSR count). The Morgan fingerprint density at radius 2 is 1.52 bits per heavy atom. The predicted octanol–water partition coefficient (Wildman–Crippen LogP) is 3.60. The molecule has 25 heavy (non-hydrogen) atoms. The zero-order valence-electron chi connectivity index (χ0n) is 14.2. The van der Waals surface area contributed by atoms with Crippen LogP contribution in [0.25, 0.3) is 0 Å². The van der Waals surface area contributed by atoms with Crippen molar-refractivity contribution < 1.29 is 28.5 Å². The molecule has 0 aliphatic carbocycles. The molecule has 0 aliphatic heterocycles. The summed E-state index contributed by atoms with van der Waals surface area (Å²) in [5.74, 6) is 1.30. The Bertz CT molecular complexity index is 689. The van der Waals surface area contributed by atoms with Crippen LogP contribution in [0.5, 0.6) is 23.0 Å². The maximum absolute atomic E-state index is 12.2. The van der Waals surface area contributed by atoms with Gasteiger partial charge >= 0.3 is 5.97 Å². The molecule has 0 N–H and O–H groups in total. The molecule has 0 saturated heterocycles. The second kappa shape index (κ2) is 9.03. The van der Waals surface area contributed by atoms with Crippen LogP contribution >= 0.6 is 11.6 Å². The van der Waals surface area contributed by atoms with Crippen molar-refractivity contribution in [3.63, 3.8) is 0 Å². The lowest BCUT2D eigenvalue weighted by Crippen LogP contribution is -2.13. The first-order chi connectivity index (χ1) is 12.1. The van der Waals surface area contributed by atoms with E-state index in [1.165, 1.54) is 33.5 Å². The molecule has 0 aliphatic rings. The van der Waals surface area contributed by atoms with Crippen LogP contribution in [-0.4, -0.2) is 40.5 Å². The fourth-order valence-corrected chi connectivity index (χ4v) is 2.23. The zero-order chi connectivity index (χ0) is 18.2. The maximum Gasteiger partial charge on any atom is 0.338 e. The van der Waals surface area contributed by atoms with E-state index in [-0.39, 0.29) is 13.2 Å². The summed E-state index contributed by atoms with van der Waals surface area (Å²) >= 11 is 5.80. The highest BCUT2D eigenvalue weighted by atomic mass is 35.5. The number of benzene rings is 2. The Labute approximate surface area is 151 Å². The first-order valence-corrected chi connectivity index (χ1v) is 7.82. The largest absolute Gasteiger partial charge is 0.493 e. The van der Waals surface area contributed by atoms with Gasteiger partial charge in [-0.3, -0.25) is 0 Å². The minimum Gasteiger partial charge on any atom is -0.493 e. The number of carbonyl (C=O) groups excluding carboxylic acids is 1. The topological polar surface area (TPSA) is 63.2 Å². The van der Waals surface area contributed by atoms with Crippen molar-refractivity contribution >= 4 is 17.6 Å². The Kier molecular flexibility index (Phi) is 6.77. The van der Waals surface area contributed by atoms with Gasteiger partial charge in [-0.05, 0) is 36.4 Å². The van der Waals surface area contributed by atoms with Crippen molar-refractivity contribution in [3.8, 4) is 23.0 Å². The van der Waals surface area contributed by atoms with Gasteiger partial charge in [-0.1, -0.05) is 11.6 Å². The number of hydrogen-bond acceptors (Lipinski definition) is 6. The summed E-state index contributed by atoms with van der Waals surface area (Å²) in [6, 6.07) is 9.98. The van der Waals surface area contributed by atoms with Crippen LogP contribution in [0.3, 0.4) is 0 Å². The van der Waals surface area contributed by atoms with E-state index in [9.17, 15) is 4.79 Å². The molecule has 6 nitrogen and oxygen atoms in total. The molecule has 7 heteroatoms. The third-order valence-electron chi connectivity index (χ3n) is 3.30. The zero-order valence-corrected chi connectivity index (χ0v) is 15.0. The van der Waals surface area contributed by atoms with Crippen LogP contribution in [0.2, 0.25) is 5.02 Å². The van der Waals surface area contributed by atoms with Gasteiger partial charge in [0, 0.05) is 5.02 Å². The van der Waals surface area contributed by atoms with Gasteiger partial charge in [0.25, 0.3) is 0 Å². The predicted molar refractivity (Wildman–Crippen MR) is 93.3 cm³/mol. The van der Waals surface area contributed by atoms with Crippen molar-refractivity contribution in [2.45, 2.75) is 0 Å². The Morgan fingerprint density at radius 3 is 2.04 bits per heavy atom. The molecule has 0 atom stereocenters. The highest BCUT2D eigenvalue weighted by molar-refractivity contribution is 6.30. The lowest BCUT2D eigenvalue weighted by molar-refractivity contribution is 0.0449. The molecule has 0 aromatic heterocycles. The SMILES string of the molecule is COc1cc(C(=O)OCCOc2ccc(Cl)cc2)cc(OC)c1OC.